The molecule has 2 N–H and O–H groups in total. The van der Waals surface area contributed by atoms with E-state index in [1.54, 1.807) is 0 Å². The van der Waals surface area contributed by atoms with Gasteiger partial charge in [-0.2, -0.15) is 0 Å². The van der Waals surface area contributed by atoms with Gasteiger partial charge >= 0.3 is 0 Å². The zero-order valence-electron chi connectivity index (χ0n) is 9.62. The molecule has 0 rings (SSSR count). The first-order chi connectivity index (χ1) is 6.66. The Balaban J connectivity index is 3.10. The first-order valence-corrected chi connectivity index (χ1v) is 5.28. The van der Waals surface area contributed by atoms with E-state index in [4.69, 9.17) is 4.74 Å². The molecule has 0 saturated heterocycles. The average Bonchev–Trinajstić information content (AvgIpc) is 2.10. The molecule has 0 bridgehead atoms. The Bertz CT molecular complexity index is 121. The molecule has 0 aliphatic heterocycles. The van der Waals surface area contributed by atoms with Gasteiger partial charge in [0.2, 0.25) is 0 Å². The molecule has 0 aliphatic carbocycles. The topological polar surface area (TPSA) is 44.7 Å². The number of hydrogen-bond donors (Lipinski definition) is 2. The summed E-state index contributed by atoms with van der Waals surface area (Å²) in [6.07, 6.45) is 0.722. The summed E-state index contributed by atoms with van der Waals surface area (Å²) in [7, 11) is 3.91. The first-order valence-electron chi connectivity index (χ1n) is 5.28. The third-order valence-electron chi connectivity index (χ3n) is 1.80. The first kappa shape index (κ1) is 13.8. The Kier molecular flexibility index (Phi) is 9.29. The maximum Gasteiger partial charge on any atom is 0.0791 e. The molecule has 86 valence electrons. The van der Waals surface area contributed by atoms with Crippen LogP contribution in [-0.2, 0) is 4.74 Å². The van der Waals surface area contributed by atoms with Crippen LogP contribution in [0.25, 0.3) is 0 Å². The minimum absolute atomic E-state index is 0.280. The molecule has 0 spiro atoms. The van der Waals surface area contributed by atoms with Gasteiger partial charge in [-0.25, -0.2) is 0 Å². The van der Waals surface area contributed by atoms with E-state index in [1.807, 2.05) is 25.9 Å². The number of rotatable bonds is 9. The number of nitrogens with zero attached hydrogens (tertiary/aromatic N) is 1. The van der Waals surface area contributed by atoms with Crippen molar-refractivity contribution in [1.82, 2.24) is 10.2 Å². The van der Waals surface area contributed by atoms with E-state index >= 15 is 0 Å². The van der Waals surface area contributed by atoms with E-state index in [0.29, 0.717) is 13.1 Å². The Morgan fingerprint density at radius 1 is 1.43 bits per heavy atom. The summed E-state index contributed by atoms with van der Waals surface area (Å²) >= 11 is 0. The molecule has 0 aromatic heterocycles. The number of hydrogen-bond acceptors (Lipinski definition) is 4. The number of likely N-dealkylation sites (N-methyl/N-ethyl adjacent to an activating group) is 1. The lowest BCUT2D eigenvalue weighted by atomic mass is 10.3. The Hall–Kier alpha value is -0.160. The van der Waals surface area contributed by atoms with Gasteiger partial charge in [0.15, 0.2) is 0 Å². The van der Waals surface area contributed by atoms with Crippen LogP contribution in [0.2, 0.25) is 0 Å². The van der Waals surface area contributed by atoms with Crippen molar-refractivity contribution in [3.05, 3.63) is 0 Å². The second-order valence-corrected chi connectivity index (χ2v) is 3.67. The van der Waals surface area contributed by atoms with Gasteiger partial charge < -0.3 is 20.1 Å². The normalized spacial score (nSPS) is 13.5. The van der Waals surface area contributed by atoms with Gasteiger partial charge in [0.1, 0.15) is 0 Å². The van der Waals surface area contributed by atoms with Crippen molar-refractivity contribution in [2.75, 3.05) is 46.9 Å². The van der Waals surface area contributed by atoms with Gasteiger partial charge in [0.05, 0.1) is 6.10 Å². The van der Waals surface area contributed by atoms with Crippen molar-refractivity contribution >= 4 is 0 Å². The molecule has 1 atom stereocenters. The van der Waals surface area contributed by atoms with E-state index in [9.17, 15) is 5.11 Å². The average molecular weight is 204 g/mol. The van der Waals surface area contributed by atoms with Crippen LogP contribution in [-0.4, -0.2) is 63.1 Å². The molecule has 0 aromatic carbocycles. The van der Waals surface area contributed by atoms with Crippen LogP contribution in [0.1, 0.15) is 13.3 Å². The van der Waals surface area contributed by atoms with Crippen molar-refractivity contribution in [3.63, 3.8) is 0 Å². The number of ether oxygens (including phenoxy) is 1. The highest BCUT2D eigenvalue weighted by molar-refractivity contribution is 4.61. The fourth-order valence-corrected chi connectivity index (χ4v) is 1.20. The lowest BCUT2D eigenvalue weighted by molar-refractivity contribution is 0.128. The molecule has 0 heterocycles. The van der Waals surface area contributed by atoms with Crippen molar-refractivity contribution < 1.29 is 9.84 Å². The highest BCUT2D eigenvalue weighted by Crippen LogP contribution is 1.85. The molecule has 0 amide bonds. The lowest BCUT2D eigenvalue weighted by Crippen LogP contribution is -2.35. The van der Waals surface area contributed by atoms with E-state index in [-0.39, 0.29) is 6.10 Å². The summed E-state index contributed by atoms with van der Waals surface area (Å²) in [4.78, 5) is 1.98. The Labute approximate surface area is 87.2 Å². The SMILES string of the molecule is CCOCCCNCC(O)CN(C)C. The minimum atomic E-state index is -0.280. The number of nitrogens with one attached hydrogen (secondary N) is 1. The predicted octanol–water partition coefficient (Wildman–Crippen LogP) is -0.0749. The highest BCUT2D eigenvalue weighted by atomic mass is 16.5. The van der Waals surface area contributed by atoms with Gasteiger partial charge in [0.25, 0.3) is 0 Å². The second-order valence-electron chi connectivity index (χ2n) is 3.67. The molecule has 0 saturated carbocycles. The third-order valence-corrected chi connectivity index (χ3v) is 1.80. The maximum absolute atomic E-state index is 9.49. The molecule has 14 heavy (non-hydrogen) atoms. The molecule has 1 unspecified atom stereocenters. The molecule has 4 heteroatoms. The molecule has 0 fully saturated rings. The maximum atomic E-state index is 9.49. The zero-order valence-corrected chi connectivity index (χ0v) is 9.62. The summed E-state index contributed by atoms with van der Waals surface area (Å²) in [5.74, 6) is 0. The number of aliphatic hydroxyl groups excluding tert-OH is 1. The van der Waals surface area contributed by atoms with Crippen LogP contribution < -0.4 is 5.32 Å². The van der Waals surface area contributed by atoms with E-state index in [0.717, 1.165) is 26.2 Å². The third kappa shape index (κ3) is 9.92. The van der Waals surface area contributed by atoms with Crippen LogP contribution >= 0.6 is 0 Å². The lowest BCUT2D eigenvalue weighted by Gasteiger charge is -2.16. The van der Waals surface area contributed by atoms with Gasteiger partial charge in [-0.3, -0.25) is 0 Å². The largest absolute Gasteiger partial charge is 0.390 e. The van der Waals surface area contributed by atoms with Gasteiger partial charge in [0, 0.05) is 26.3 Å². The van der Waals surface area contributed by atoms with E-state index in [2.05, 4.69) is 5.32 Å². The smallest absolute Gasteiger partial charge is 0.0791 e. The molecule has 0 radical (unpaired) electrons. The van der Waals surface area contributed by atoms with Crippen molar-refractivity contribution in [1.29, 1.82) is 0 Å². The van der Waals surface area contributed by atoms with Gasteiger partial charge in [-0.05, 0) is 34.0 Å². The van der Waals surface area contributed by atoms with Gasteiger partial charge in [-0.15, -0.1) is 0 Å². The van der Waals surface area contributed by atoms with Gasteiger partial charge in [-0.1, -0.05) is 0 Å². The van der Waals surface area contributed by atoms with E-state index < -0.39 is 0 Å². The quantitative estimate of drug-likeness (QED) is 0.516. The van der Waals surface area contributed by atoms with Crippen LogP contribution in [0.4, 0.5) is 0 Å². The monoisotopic (exact) mass is 204 g/mol. The summed E-state index contributed by atoms with van der Waals surface area (Å²) in [5, 5.41) is 12.7. The fourth-order valence-electron chi connectivity index (χ4n) is 1.20. The molecule has 0 aromatic rings. The standard InChI is InChI=1S/C10H24N2O2/c1-4-14-7-5-6-11-8-10(13)9-12(2)3/h10-11,13H,4-9H2,1-3H3. The van der Waals surface area contributed by atoms with E-state index in [1.165, 1.54) is 0 Å². The van der Waals surface area contributed by atoms with Crippen LogP contribution in [0.15, 0.2) is 0 Å². The summed E-state index contributed by atoms with van der Waals surface area (Å²) in [6, 6.07) is 0. The van der Waals surface area contributed by atoms with Crippen LogP contribution in [0, 0.1) is 0 Å². The van der Waals surface area contributed by atoms with Crippen LogP contribution in [0.3, 0.4) is 0 Å². The predicted molar refractivity (Wildman–Crippen MR) is 58.5 cm³/mol. The highest BCUT2D eigenvalue weighted by Gasteiger charge is 2.03. The van der Waals surface area contributed by atoms with Crippen LogP contribution in [0.5, 0.6) is 0 Å². The molecule has 0 aliphatic rings. The molecular weight excluding hydrogens is 180 g/mol. The minimum Gasteiger partial charge on any atom is -0.390 e. The summed E-state index contributed by atoms with van der Waals surface area (Å²) in [6.45, 7) is 5.85. The van der Waals surface area contributed by atoms with Crippen molar-refractivity contribution in [2.45, 2.75) is 19.4 Å². The summed E-state index contributed by atoms with van der Waals surface area (Å²) < 4.78 is 5.19. The Morgan fingerprint density at radius 2 is 2.14 bits per heavy atom. The zero-order chi connectivity index (χ0) is 10.8. The Morgan fingerprint density at radius 3 is 2.71 bits per heavy atom. The number of aliphatic hydroxyl groups is 1. The summed E-state index contributed by atoms with van der Waals surface area (Å²) in [5.41, 5.74) is 0. The molecular formula is C10H24N2O2. The second kappa shape index (κ2) is 9.40. The fraction of sp³-hybridized carbons (Fsp3) is 1.00. The van der Waals surface area contributed by atoms with Crippen molar-refractivity contribution in [2.24, 2.45) is 0 Å². The molecule has 4 nitrogen and oxygen atoms in total. The van der Waals surface area contributed by atoms with Crippen molar-refractivity contribution in [3.8, 4) is 0 Å².